The molecule has 3 aromatic heterocycles. The number of carbonyl (C=O) groups is 1. The van der Waals surface area contributed by atoms with Crippen molar-refractivity contribution in [1.29, 1.82) is 0 Å². The molecule has 5 rings (SSSR count). The van der Waals surface area contributed by atoms with Gasteiger partial charge in [0.15, 0.2) is 5.69 Å². The van der Waals surface area contributed by atoms with Gasteiger partial charge in [-0.05, 0) is 37.8 Å². The molecule has 1 amide bonds. The van der Waals surface area contributed by atoms with Crippen molar-refractivity contribution in [2.75, 3.05) is 19.3 Å². The van der Waals surface area contributed by atoms with Gasteiger partial charge < -0.3 is 19.3 Å². The zero-order chi connectivity index (χ0) is 26.3. The molecule has 9 nitrogen and oxygen atoms in total. The highest BCUT2D eigenvalue weighted by molar-refractivity contribution is 7.98. The second-order valence-corrected chi connectivity index (χ2v) is 11.0. The molecular weight excluding hydrogens is 517 g/mol. The Morgan fingerprint density at radius 2 is 2.03 bits per heavy atom. The first-order chi connectivity index (χ1) is 17.7. The van der Waals surface area contributed by atoms with Crippen LogP contribution in [0, 0.1) is 5.82 Å². The number of halogens is 1. The molecule has 194 valence electrons. The fourth-order valence-electron chi connectivity index (χ4n) is 4.51. The lowest BCUT2D eigenvalue weighted by Crippen LogP contribution is -2.49. The van der Waals surface area contributed by atoms with E-state index in [2.05, 4.69) is 9.97 Å². The molecule has 12 heteroatoms. The van der Waals surface area contributed by atoms with E-state index in [1.165, 1.54) is 45.8 Å². The number of aromatic nitrogens is 4. The van der Waals surface area contributed by atoms with E-state index in [1.54, 1.807) is 27.9 Å². The minimum atomic E-state index is -0.639. The van der Waals surface area contributed by atoms with E-state index in [0.717, 1.165) is 15.3 Å². The molecule has 1 fully saturated rings. The zero-order valence-electron chi connectivity index (χ0n) is 20.5. The summed E-state index contributed by atoms with van der Waals surface area (Å²) in [5, 5.41) is 11.0. The predicted molar refractivity (Wildman–Crippen MR) is 140 cm³/mol. The Bertz CT molecular complexity index is 1520. The van der Waals surface area contributed by atoms with Crippen molar-refractivity contribution in [2.24, 2.45) is 0 Å². The second kappa shape index (κ2) is 10.3. The summed E-state index contributed by atoms with van der Waals surface area (Å²) in [6, 6.07) is 4.67. The van der Waals surface area contributed by atoms with Crippen LogP contribution in [-0.2, 0) is 22.5 Å². The largest absolute Gasteiger partial charge is 0.501 e. The minimum Gasteiger partial charge on any atom is -0.501 e. The molecule has 0 spiro atoms. The minimum absolute atomic E-state index is 0.00224. The number of hydrogen-bond acceptors (Lipinski definition) is 8. The molecule has 4 heterocycles. The first-order valence-electron chi connectivity index (χ1n) is 11.7. The van der Waals surface area contributed by atoms with E-state index in [0.29, 0.717) is 24.5 Å². The Morgan fingerprint density at radius 3 is 2.76 bits per heavy atom. The maximum atomic E-state index is 13.6. The number of rotatable bonds is 6. The number of fused-ring (bicyclic) bond motifs is 1. The first kappa shape index (κ1) is 25.4. The van der Waals surface area contributed by atoms with Crippen LogP contribution >= 0.6 is 23.1 Å². The smallest absolute Gasteiger partial charge is 0.302 e. The van der Waals surface area contributed by atoms with Gasteiger partial charge in [-0.25, -0.2) is 18.8 Å². The average Bonchev–Trinajstić information content (AvgIpc) is 3.49. The lowest BCUT2D eigenvalue weighted by molar-refractivity contribution is -0.143. The molecule has 0 aliphatic carbocycles. The molecule has 1 aliphatic heterocycles. The van der Waals surface area contributed by atoms with Gasteiger partial charge in [-0.1, -0.05) is 6.07 Å². The van der Waals surface area contributed by atoms with Crippen molar-refractivity contribution in [1.82, 2.24) is 23.8 Å². The molecule has 1 saturated heterocycles. The molecule has 0 bridgehead atoms. The summed E-state index contributed by atoms with van der Waals surface area (Å²) in [7, 11) is 0. The molecule has 4 aromatic rings. The maximum absolute atomic E-state index is 13.6. The molecule has 2 atom stereocenters. The van der Waals surface area contributed by atoms with Crippen molar-refractivity contribution in [3.63, 3.8) is 0 Å². The van der Waals surface area contributed by atoms with Gasteiger partial charge in [0.25, 0.3) is 0 Å². The number of hydrogen-bond donors (Lipinski definition) is 1. The number of thiazole rings is 1. The summed E-state index contributed by atoms with van der Waals surface area (Å²) in [4.78, 5) is 38.3. The molecule has 0 unspecified atom stereocenters. The molecule has 1 N–H and O–H groups in total. The highest BCUT2D eigenvalue weighted by atomic mass is 32.2. The zero-order valence-corrected chi connectivity index (χ0v) is 22.2. The molecule has 0 radical (unpaired) electrons. The van der Waals surface area contributed by atoms with Gasteiger partial charge in [-0.15, -0.1) is 23.1 Å². The monoisotopic (exact) mass is 543 g/mol. The maximum Gasteiger partial charge on any atom is 0.302 e. The number of morpholine rings is 1. The number of aromatic hydroxyl groups is 1. The third kappa shape index (κ3) is 5.13. The topological polar surface area (TPSA) is 102 Å². The number of carbonyl (C=O) groups excluding carboxylic acids is 1. The normalized spacial score (nSPS) is 18.0. The SMILES string of the molecule is CSc1cc(F)ccc1Cc1cnc(-c2nc3n(CC(=O)N4C[C@@H](C)O[C@H](C)C4)ccn3c(=O)c2O)s1. The highest BCUT2D eigenvalue weighted by Crippen LogP contribution is 2.32. The number of ether oxygens (including phenoxy) is 1. The van der Waals surface area contributed by atoms with E-state index in [-0.39, 0.29) is 41.9 Å². The number of imidazole rings is 1. The summed E-state index contributed by atoms with van der Waals surface area (Å²) in [6.45, 7) is 4.85. The number of nitrogens with zero attached hydrogens (tertiary/aromatic N) is 5. The third-order valence-electron chi connectivity index (χ3n) is 6.17. The number of benzene rings is 1. The molecule has 0 saturated carbocycles. The van der Waals surface area contributed by atoms with Gasteiger partial charge in [0.1, 0.15) is 17.4 Å². The highest BCUT2D eigenvalue weighted by Gasteiger charge is 2.27. The summed E-state index contributed by atoms with van der Waals surface area (Å²) >= 11 is 2.76. The van der Waals surface area contributed by atoms with Crippen molar-refractivity contribution < 1.29 is 19.0 Å². The van der Waals surface area contributed by atoms with Gasteiger partial charge in [-0.2, -0.15) is 0 Å². The van der Waals surface area contributed by atoms with Crippen molar-refractivity contribution in [2.45, 2.75) is 43.9 Å². The molecule has 37 heavy (non-hydrogen) atoms. The predicted octanol–water partition coefficient (Wildman–Crippen LogP) is 3.41. The lowest BCUT2D eigenvalue weighted by Gasteiger charge is -2.35. The molecule has 1 aliphatic rings. The average molecular weight is 544 g/mol. The van der Waals surface area contributed by atoms with E-state index in [1.807, 2.05) is 20.1 Å². The van der Waals surface area contributed by atoms with Crippen molar-refractivity contribution in [3.05, 3.63) is 63.4 Å². The van der Waals surface area contributed by atoms with Crippen molar-refractivity contribution in [3.8, 4) is 16.5 Å². The van der Waals surface area contributed by atoms with Gasteiger partial charge in [0.2, 0.25) is 17.4 Å². The van der Waals surface area contributed by atoms with E-state index < -0.39 is 11.3 Å². The van der Waals surface area contributed by atoms with E-state index in [4.69, 9.17) is 4.74 Å². The molecular formula is C25H26FN5O4S2. The van der Waals surface area contributed by atoms with Crippen LogP contribution in [0.2, 0.25) is 0 Å². The first-order valence-corrected chi connectivity index (χ1v) is 13.8. The second-order valence-electron chi connectivity index (χ2n) is 9.03. The van der Waals surface area contributed by atoms with E-state index in [9.17, 15) is 19.1 Å². The summed E-state index contributed by atoms with van der Waals surface area (Å²) < 4.78 is 22.1. The van der Waals surface area contributed by atoms with Crippen LogP contribution < -0.4 is 5.56 Å². The van der Waals surface area contributed by atoms with Gasteiger partial charge >= 0.3 is 5.56 Å². The van der Waals surface area contributed by atoms with Crippen LogP contribution in [0.1, 0.15) is 24.3 Å². The van der Waals surface area contributed by atoms with E-state index >= 15 is 0 Å². The third-order valence-corrected chi connectivity index (χ3v) is 8.00. The van der Waals surface area contributed by atoms with Crippen LogP contribution in [0.5, 0.6) is 5.75 Å². The Balaban J connectivity index is 1.44. The Labute approximate surface area is 220 Å². The summed E-state index contributed by atoms with van der Waals surface area (Å²) in [6.07, 6.45) is 7.05. The summed E-state index contributed by atoms with van der Waals surface area (Å²) in [5.41, 5.74) is 0.377. The van der Waals surface area contributed by atoms with Gasteiger partial charge in [-0.3, -0.25) is 9.59 Å². The van der Waals surface area contributed by atoms with Crippen LogP contribution in [0.15, 0.2) is 46.5 Å². The van der Waals surface area contributed by atoms with Crippen molar-refractivity contribution >= 4 is 34.8 Å². The van der Waals surface area contributed by atoms with Gasteiger partial charge in [0.05, 0.1) is 12.2 Å². The summed E-state index contributed by atoms with van der Waals surface area (Å²) in [5.74, 6) is -0.671. The molecule has 1 aromatic carbocycles. The Hall–Kier alpha value is -3.22. The lowest BCUT2D eigenvalue weighted by atomic mass is 10.1. The van der Waals surface area contributed by atoms with Crippen LogP contribution in [-0.4, -0.2) is 66.4 Å². The van der Waals surface area contributed by atoms with Crippen LogP contribution in [0.4, 0.5) is 4.39 Å². The quantitative estimate of drug-likeness (QED) is 0.372. The fraction of sp³-hybridized carbons (Fsp3) is 0.360. The van der Waals surface area contributed by atoms with Crippen LogP contribution in [0.3, 0.4) is 0 Å². The fourth-order valence-corrected chi connectivity index (χ4v) is 6.07. The number of thioether (sulfide) groups is 1. The Morgan fingerprint density at radius 1 is 1.27 bits per heavy atom. The standard InChI is InChI=1S/C25H26FN5O4S2/c1-14-11-30(12-15(2)35-14)20(32)13-29-6-7-31-24(34)22(33)21(28-25(29)31)23-27-10-18(37-23)8-16-4-5-17(26)9-19(16)36-3/h4-7,9-10,14-15,33H,8,11-13H2,1-3H3/t14-,15-/m1/s1. The van der Waals surface area contributed by atoms with Crippen LogP contribution in [0.25, 0.3) is 16.5 Å². The Kier molecular flexibility index (Phi) is 7.06. The van der Waals surface area contributed by atoms with Gasteiger partial charge in [0, 0.05) is 47.9 Å². The number of amides is 1.